The Morgan fingerprint density at radius 1 is 1.47 bits per heavy atom. The van der Waals surface area contributed by atoms with Gasteiger partial charge in [0.1, 0.15) is 0 Å². The molecule has 0 radical (unpaired) electrons. The van der Waals surface area contributed by atoms with Crippen LogP contribution in [0.5, 0.6) is 0 Å². The summed E-state index contributed by atoms with van der Waals surface area (Å²) >= 11 is 3.15. The minimum absolute atomic E-state index is 0.617. The van der Waals surface area contributed by atoms with Gasteiger partial charge in [-0.2, -0.15) is 0 Å². The van der Waals surface area contributed by atoms with Crippen LogP contribution in [0.1, 0.15) is 10.6 Å². The number of imidazole rings is 1. The number of nitrogen functional groups attached to an aromatic ring is 1. The molecule has 3 aromatic rings. The topological polar surface area (TPSA) is 56.2 Å². The molecule has 0 atom stereocenters. The highest BCUT2D eigenvalue weighted by Crippen LogP contribution is 2.19. The summed E-state index contributed by atoms with van der Waals surface area (Å²) in [4.78, 5) is 10.7. The molecule has 0 fully saturated rings. The van der Waals surface area contributed by atoms with Crippen LogP contribution in [-0.2, 0) is 6.42 Å². The molecule has 0 bridgehead atoms. The molecule has 0 aliphatic heterocycles. The maximum Gasteiger partial charge on any atom is 0.193 e. The first kappa shape index (κ1) is 8.87. The lowest BCUT2D eigenvalue weighted by Gasteiger charge is -1.88. The Hall–Kier alpha value is -1.40. The summed E-state index contributed by atoms with van der Waals surface area (Å²) < 4.78 is 2.03. The first-order valence-corrected chi connectivity index (χ1v) is 6.12. The van der Waals surface area contributed by atoms with Crippen LogP contribution in [0.3, 0.4) is 0 Å². The van der Waals surface area contributed by atoms with Crippen molar-refractivity contribution in [3.05, 3.63) is 34.5 Å². The van der Waals surface area contributed by atoms with Gasteiger partial charge in [0.25, 0.3) is 0 Å². The van der Waals surface area contributed by atoms with E-state index in [0.717, 1.165) is 22.0 Å². The van der Waals surface area contributed by atoms with Crippen molar-refractivity contribution in [3.63, 3.8) is 0 Å². The smallest absolute Gasteiger partial charge is 0.193 e. The molecule has 0 unspecified atom stereocenters. The van der Waals surface area contributed by atoms with E-state index in [9.17, 15) is 0 Å². The highest BCUT2D eigenvalue weighted by atomic mass is 32.1. The lowest BCUT2D eigenvalue weighted by Crippen LogP contribution is -1.83. The molecule has 0 aromatic carbocycles. The second-order valence-electron chi connectivity index (χ2n) is 3.17. The molecule has 0 spiro atoms. The fourth-order valence-electron chi connectivity index (χ4n) is 1.44. The van der Waals surface area contributed by atoms with Crippen molar-refractivity contribution in [2.45, 2.75) is 6.42 Å². The van der Waals surface area contributed by atoms with E-state index >= 15 is 0 Å². The van der Waals surface area contributed by atoms with Gasteiger partial charge in [-0.1, -0.05) is 0 Å². The molecular formula is C9H8N4S2. The van der Waals surface area contributed by atoms with E-state index in [2.05, 4.69) is 9.97 Å². The summed E-state index contributed by atoms with van der Waals surface area (Å²) in [5.74, 6) is 0. The SMILES string of the molecule is Nc1ncc(Cc2cn3ccsc3n2)s1. The third kappa shape index (κ3) is 1.62. The molecule has 3 aromatic heterocycles. The zero-order chi connectivity index (χ0) is 10.3. The van der Waals surface area contributed by atoms with Crippen LogP contribution in [0.4, 0.5) is 5.13 Å². The van der Waals surface area contributed by atoms with Crippen molar-refractivity contribution in [2.24, 2.45) is 0 Å². The van der Waals surface area contributed by atoms with E-state index in [0.29, 0.717) is 5.13 Å². The summed E-state index contributed by atoms with van der Waals surface area (Å²) in [7, 11) is 0. The van der Waals surface area contributed by atoms with Crippen LogP contribution in [0.25, 0.3) is 4.96 Å². The molecule has 0 saturated carbocycles. The van der Waals surface area contributed by atoms with Crippen molar-refractivity contribution < 1.29 is 0 Å². The predicted octanol–water partition coefficient (Wildman–Crippen LogP) is 2.03. The van der Waals surface area contributed by atoms with Crippen molar-refractivity contribution in [2.75, 3.05) is 5.73 Å². The molecule has 0 aliphatic carbocycles. The van der Waals surface area contributed by atoms with E-state index in [4.69, 9.17) is 5.73 Å². The number of thiazole rings is 2. The van der Waals surface area contributed by atoms with E-state index < -0.39 is 0 Å². The number of hydrogen-bond donors (Lipinski definition) is 1. The lowest BCUT2D eigenvalue weighted by molar-refractivity contribution is 1.13. The third-order valence-corrected chi connectivity index (χ3v) is 3.67. The number of nitrogens with two attached hydrogens (primary N) is 1. The molecular weight excluding hydrogens is 228 g/mol. The molecule has 4 nitrogen and oxygen atoms in total. The Labute approximate surface area is 94.0 Å². The second kappa shape index (κ2) is 3.32. The Balaban J connectivity index is 1.92. The van der Waals surface area contributed by atoms with Crippen LogP contribution in [0.15, 0.2) is 24.0 Å². The van der Waals surface area contributed by atoms with E-state index in [-0.39, 0.29) is 0 Å². The molecule has 2 N–H and O–H groups in total. The quantitative estimate of drug-likeness (QED) is 0.740. The van der Waals surface area contributed by atoms with Gasteiger partial charge in [-0.05, 0) is 0 Å². The van der Waals surface area contributed by atoms with Crippen LogP contribution in [0.2, 0.25) is 0 Å². The standard InChI is InChI=1S/C9H8N4S2/c10-8-11-4-7(15-8)3-6-5-13-1-2-14-9(13)12-6/h1-2,4-5H,3H2,(H2,10,11). The highest BCUT2D eigenvalue weighted by molar-refractivity contribution is 7.15. The predicted molar refractivity (Wildman–Crippen MR) is 62.4 cm³/mol. The Kier molecular flexibility index (Phi) is 1.96. The summed E-state index contributed by atoms with van der Waals surface area (Å²) in [5.41, 5.74) is 6.63. The number of anilines is 1. The average Bonchev–Trinajstić information content (AvgIpc) is 2.81. The van der Waals surface area contributed by atoms with Gasteiger partial charge in [-0.25, -0.2) is 9.97 Å². The molecule has 0 amide bonds. The van der Waals surface area contributed by atoms with Gasteiger partial charge in [0.15, 0.2) is 10.1 Å². The molecule has 3 rings (SSSR count). The zero-order valence-electron chi connectivity index (χ0n) is 7.75. The van der Waals surface area contributed by atoms with Crippen molar-refractivity contribution in [1.29, 1.82) is 0 Å². The number of fused-ring (bicyclic) bond motifs is 1. The minimum Gasteiger partial charge on any atom is -0.375 e. The fraction of sp³-hybridized carbons (Fsp3) is 0.111. The summed E-state index contributed by atoms with van der Waals surface area (Å²) in [6.45, 7) is 0. The van der Waals surface area contributed by atoms with E-state index in [1.54, 1.807) is 11.3 Å². The van der Waals surface area contributed by atoms with Gasteiger partial charge in [-0.3, -0.25) is 4.40 Å². The van der Waals surface area contributed by atoms with Gasteiger partial charge >= 0.3 is 0 Å². The lowest BCUT2D eigenvalue weighted by atomic mass is 10.3. The normalized spacial score (nSPS) is 11.2. The van der Waals surface area contributed by atoms with E-state index in [1.807, 2.05) is 28.4 Å². The summed E-state index contributed by atoms with van der Waals surface area (Å²) in [5, 5.41) is 2.64. The first-order valence-electron chi connectivity index (χ1n) is 4.42. The van der Waals surface area contributed by atoms with Gasteiger partial charge in [0.2, 0.25) is 0 Å². The van der Waals surface area contributed by atoms with Crippen LogP contribution < -0.4 is 5.73 Å². The van der Waals surface area contributed by atoms with Gasteiger partial charge in [-0.15, -0.1) is 22.7 Å². The summed E-state index contributed by atoms with van der Waals surface area (Å²) in [6.07, 6.45) is 6.68. The molecule has 0 aliphatic rings. The molecule has 15 heavy (non-hydrogen) atoms. The Morgan fingerprint density at radius 3 is 3.13 bits per heavy atom. The highest BCUT2D eigenvalue weighted by Gasteiger charge is 2.05. The maximum atomic E-state index is 5.57. The van der Waals surface area contributed by atoms with Gasteiger partial charge in [0, 0.05) is 35.3 Å². The number of nitrogens with zero attached hydrogens (tertiary/aromatic N) is 3. The van der Waals surface area contributed by atoms with Crippen LogP contribution in [-0.4, -0.2) is 14.4 Å². The maximum absolute atomic E-state index is 5.57. The molecule has 76 valence electrons. The fourth-order valence-corrected chi connectivity index (χ4v) is 2.86. The monoisotopic (exact) mass is 236 g/mol. The minimum atomic E-state index is 0.617. The molecule has 6 heteroatoms. The number of hydrogen-bond acceptors (Lipinski definition) is 5. The Bertz CT molecular complexity index is 563. The summed E-state index contributed by atoms with van der Waals surface area (Å²) in [6, 6.07) is 0. The van der Waals surface area contributed by atoms with Crippen LogP contribution in [0, 0.1) is 0 Å². The number of aromatic nitrogens is 3. The van der Waals surface area contributed by atoms with Gasteiger partial charge < -0.3 is 5.73 Å². The van der Waals surface area contributed by atoms with E-state index in [1.165, 1.54) is 11.3 Å². The Morgan fingerprint density at radius 2 is 2.40 bits per heavy atom. The van der Waals surface area contributed by atoms with Crippen molar-refractivity contribution in [3.8, 4) is 0 Å². The third-order valence-electron chi connectivity index (χ3n) is 2.07. The first-order chi connectivity index (χ1) is 7.31. The molecule has 0 saturated heterocycles. The average molecular weight is 236 g/mol. The van der Waals surface area contributed by atoms with Crippen molar-refractivity contribution in [1.82, 2.24) is 14.4 Å². The second-order valence-corrected chi connectivity index (χ2v) is 5.19. The van der Waals surface area contributed by atoms with Crippen LogP contribution >= 0.6 is 22.7 Å². The van der Waals surface area contributed by atoms with Gasteiger partial charge in [0.05, 0.1) is 5.69 Å². The largest absolute Gasteiger partial charge is 0.375 e. The zero-order valence-corrected chi connectivity index (χ0v) is 9.38. The van der Waals surface area contributed by atoms with Crippen molar-refractivity contribution >= 4 is 32.8 Å². The molecule has 3 heterocycles. The number of rotatable bonds is 2.